The minimum atomic E-state index is 0.860. The molecule has 26 heavy (non-hydrogen) atoms. The van der Waals surface area contributed by atoms with E-state index in [1.807, 2.05) is 24.3 Å². The number of hydrogen-bond acceptors (Lipinski definition) is 2. The third kappa shape index (κ3) is 7.18. The van der Waals surface area contributed by atoms with Crippen molar-refractivity contribution in [3.8, 4) is 22.6 Å². The molecule has 138 valence electrons. The van der Waals surface area contributed by atoms with E-state index in [2.05, 4.69) is 50.3 Å². The number of rotatable bonds is 11. The third-order valence-electron chi connectivity index (χ3n) is 4.09. The molecule has 0 N–H and O–H groups in total. The second kappa shape index (κ2) is 12.0. The second-order valence-corrected chi connectivity index (χ2v) is 6.31. The van der Waals surface area contributed by atoms with Crippen LogP contribution in [-0.2, 0) is 0 Å². The van der Waals surface area contributed by atoms with Gasteiger partial charge in [-0.25, -0.2) is 0 Å². The van der Waals surface area contributed by atoms with Gasteiger partial charge in [-0.1, -0.05) is 51.0 Å². The average Bonchev–Trinajstić information content (AvgIpc) is 2.69. The highest BCUT2D eigenvalue weighted by Gasteiger charge is 1.99. The van der Waals surface area contributed by atoms with Crippen molar-refractivity contribution in [1.29, 1.82) is 0 Å². The fraction of sp³-hybridized carbons (Fsp3) is 0.333. The van der Waals surface area contributed by atoms with Crippen LogP contribution in [0, 0.1) is 0 Å². The van der Waals surface area contributed by atoms with Gasteiger partial charge in [0.05, 0.1) is 12.5 Å². The van der Waals surface area contributed by atoms with E-state index in [1.165, 1.54) is 25.7 Å². The summed E-state index contributed by atoms with van der Waals surface area (Å²) in [5.41, 5.74) is 2.33. The number of allylic oxidation sites excluding steroid dienone is 2. The van der Waals surface area contributed by atoms with E-state index in [4.69, 9.17) is 9.47 Å². The van der Waals surface area contributed by atoms with Gasteiger partial charge >= 0.3 is 0 Å². The summed E-state index contributed by atoms with van der Waals surface area (Å²) in [7, 11) is 0. The van der Waals surface area contributed by atoms with Crippen molar-refractivity contribution in [2.75, 3.05) is 0 Å². The Morgan fingerprint density at radius 2 is 1.00 bits per heavy atom. The molecule has 2 nitrogen and oxygen atoms in total. The van der Waals surface area contributed by atoms with Crippen LogP contribution < -0.4 is 9.47 Å². The predicted molar refractivity (Wildman–Crippen MR) is 110 cm³/mol. The van der Waals surface area contributed by atoms with Crippen LogP contribution in [0.2, 0.25) is 0 Å². The van der Waals surface area contributed by atoms with Gasteiger partial charge in [-0.15, -0.1) is 0 Å². The molecule has 2 aromatic rings. The Labute approximate surface area is 158 Å². The largest absolute Gasteiger partial charge is 0.465 e. The zero-order valence-corrected chi connectivity index (χ0v) is 16.0. The van der Waals surface area contributed by atoms with Crippen molar-refractivity contribution in [1.82, 2.24) is 0 Å². The molecular formula is C24H30O2. The fourth-order valence-corrected chi connectivity index (χ4v) is 2.49. The lowest BCUT2D eigenvalue weighted by molar-refractivity contribution is 0.477. The van der Waals surface area contributed by atoms with Crippen molar-refractivity contribution >= 4 is 0 Å². The zero-order chi connectivity index (χ0) is 18.5. The van der Waals surface area contributed by atoms with Crippen LogP contribution in [0.5, 0.6) is 11.5 Å². The molecule has 2 heteroatoms. The average molecular weight is 351 g/mol. The molecule has 0 aliphatic rings. The van der Waals surface area contributed by atoms with E-state index in [9.17, 15) is 0 Å². The van der Waals surface area contributed by atoms with E-state index in [-0.39, 0.29) is 0 Å². The van der Waals surface area contributed by atoms with Crippen molar-refractivity contribution < 1.29 is 9.47 Å². The van der Waals surface area contributed by atoms with E-state index in [0.717, 1.165) is 35.5 Å². The first kappa shape index (κ1) is 19.8. The molecule has 0 radical (unpaired) electrons. The standard InChI is InChI=1S/C24H30O2/c1-3-5-7-9-19-25-23-15-11-21(12-16-23)22-13-17-24(18-14-22)26-20-10-8-6-4-2/h9-20H,3-8H2,1-2H3. The van der Waals surface area contributed by atoms with Gasteiger partial charge in [-0.2, -0.15) is 0 Å². The number of ether oxygens (including phenoxy) is 2. The molecule has 0 fully saturated rings. The quantitative estimate of drug-likeness (QED) is 0.308. The maximum atomic E-state index is 5.63. The van der Waals surface area contributed by atoms with Crippen molar-refractivity contribution in [2.45, 2.75) is 52.4 Å². The summed E-state index contributed by atoms with van der Waals surface area (Å²) in [4.78, 5) is 0. The molecule has 0 aliphatic heterocycles. The smallest absolute Gasteiger partial charge is 0.126 e. The minimum absolute atomic E-state index is 0.860. The Balaban J connectivity index is 1.86. The molecule has 0 saturated carbocycles. The maximum absolute atomic E-state index is 5.63. The lowest BCUT2D eigenvalue weighted by Gasteiger charge is -2.06. The second-order valence-electron chi connectivity index (χ2n) is 6.31. The fourth-order valence-electron chi connectivity index (χ4n) is 2.49. The monoisotopic (exact) mass is 350 g/mol. The number of unbranched alkanes of at least 4 members (excludes halogenated alkanes) is 4. The first-order valence-corrected chi connectivity index (χ1v) is 9.67. The highest BCUT2D eigenvalue weighted by molar-refractivity contribution is 5.64. The van der Waals surface area contributed by atoms with Crippen LogP contribution >= 0.6 is 0 Å². The Bertz CT molecular complexity index is 605. The van der Waals surface area contributed by atoms with Crippen LogP contribution in [0.15, 0.2) is 73.2 Å². The minimum Gasteiger partial charge on any atom is -0.465 e. The Morgan fingerprint density at radius 3 is 1.35 bits per heavy atom. The lowest BCUT2D eigenvalue weighted by Crippen LogP contribution is -1.84. The van der Waals surface area contributed by atoms with Gasteiger partial charge in [0.25, 0.3) is 0 Å². The zero-order valence-electron chi connectivity index (χ0n) is 16.0. The Hall–Kier alpha value is -2.48. The van der Waals surface area contributed by atoms with E-state index in [0.29, 0.717) is 0 Å². The number of hydrogen-bond donors (Lipinski definition) is 0. The number of benzene rings is 2. The molecule has 0 atom stereocenters. The molecule has 0 bridgehead atoms. The topological polar surface area (TPSA) is 18.5 Å². The van der Waals surface area contributed by atoms with Crippen LogP contribution in [0.25, 0.3) is 11.1 Å². The van der Waals surface area contributed by atoms with Crippen LogP contribution in [-0.4, -0.2) is 0 Å². The summed E-state index contributed by atoms with van der Waals surface area (Å²) in [5, 5.41) is 0. The predicted octanol–water partition coefficient (Wildman–Crippen LogP) is 7.52. The highest BCUT2D eigenvalue weighted by atomic mass is 16.5. The molecule has 0 heterocycles. The molecule has 0 aliphatic carbocycles. The molecule has 2 rings (SSSR count). The molecule has 0 spiro atoms. The molecule has 0 saturated heterocycles. The summed E-state index contributed by atoms with van der Waals surface area (Å²) in [6, 6.07) is 16.3. The van der Waals surface area contributed by atoms with Crippen molar-refractivity contribution in [3.05, 3.63) is 73.2 Å². The molecule has 0 unspecified atom stereocenters. The van der Waals surface area contributed by atoms with Gasteiger partial charge < -0.3 is 9.47 Å². The summed E-state index contributed by atoms with van der Waals surface area (Å²) in [6.07, 6.45) is 14.7. The maximum Gasteiger partial charge on any atom is 0.126 e. The van der Waals surface area contributed by atoms with Crippen LogP contribution in [0.3, 0.4) is 0 Å². The first-order valence-electron chi connectivity index (χ1n) is 9.67. The summed E-state index contributed by atoms with van der Waals surface area (Å²) >= 11 is 0. The molecular weight excluding hydrogens is 320 g/mol. The van der Waals surface area contributed by atoms with Gasteiger partial charge in [0.15, 0.2) is 0 Å². The van der Waals surface area contributed by atoms with E-state index < -0.39 is 0 Å². The van der Waals surface area contributed by atoms with Gasteiger partial charge in [0.2, 0.25) is 0 Å². The molecule has 0 amide bonds. The lowest BCUT2D eigenvalue weighted by atomic mass is 10.1. The molecule has 2 aromatic carbocycles. The third-order valence-corrected chi connectivity index (χ3v) is 4.09. The van der Waals surface area contributed by atoms with Gasteiger partial charge in [0, 0.05) is 0 Å². The van der Waals surface area contributed by atoms with E-state index in [1.54, 1.807) is 12.5 Å². The van der Waals surface area contributed by atoms with Gasteiger partial charge in [0.1, 0.15) is 11.5 Å². The highest BCUT2D eigenvalue weighted by Crippen LogP contribution is 2.25. The first-order chi connectivity index (χ1) is 12.8. The van der Waals surface area contributed by atoms with E-state index >= 15 is 0 Å². The normalized spacial score (nSPS) is 11.3. The summed E-state index contributed by atoms with van der Waals surface area (Å²) < 4.78 is 11.3. The summed E-state index contributed by atoms with van der Waals surface area (Å²) in [6.45, 7) is 4.38. The Kier molecular flexibility index (Phi) is 9.13. The van der Waals surface area contributed by atoms with Crippen molar-refractivity contribution in [2.24, 2.45) is 0 Å². The van der Waals surface area contributed by atoms with Crippen LogP contribution in [0.1, 0.15) is 52.4 Å². The van der Waals surface area contributed by atoms with Gasteiger partial charge in [-0.3, -0.25) is 0 Å². The van der Waals surface area contributed by atoms with Crippen molar-refractivity contribution in [3.63, 3.8) is 0 Å². The molecule has 0 aromatic heterocycles. The van der Waals surface area contributed by atoms with Gasteiger partial charge in [-0.05, 0) is 73.2 Å². The summed E-state index contributed by atoms with van der Waals surface area (Å²) in [5.74, 6) is 1.72. The Morgan fingerprint density at radius 1 is 0.615 bits per heavy atom. The van der Waals surface area contributed by atoms with Crippen LogP contribution in [0.4, 0.5) is 0 Å². The SMILES string of the molecule is CCCCC=COc1ccc(-c2ccc(OC=CCCCC)cc2)cc1.